The molecule has 0 amide bonds. The minimum atomic E-state index is -1.05. The quantitative estimate of drug-likeness (QED) is 0.429. The third kappa shape index (κ3) is 5.93. The second-order valence-corrected chi connectivity index (χ2v) is 8.91. The second kappa shape index (κ2) is 10.9. The number of hydrogen-bond donors (Lipinski definition) is 0. The van der Waals surface area contributed by atoms with Crippen LogP contribution in [0.25, 0.3) is 10.9 Å². The van der Waals surface area contributed by atoms with E-state index in [0.717, 1.165) is 16.6 Å². The molecule has 0 aliphatic carbocycles. The average Bonchev–Trinajstić information content (AvgIpc) is 3.31. The van der Waals surface area contributed by atoms with Crippen LogP contribution in [0.2, 0.25) is 0 Å². The minimum Gasteiger partial charge on any atom is -0.455 e. The standard InChI is InChI=1S/C25H28N4O8/c1-14(30)34-23-22-21(13-32-16(3)36-22)37-25(24(23)35-15(2)31)33-12-19-11-29(28-27-19)10-18-9-8-17-6-4-5-7-20(17)26-18/h4-9,11,16,21-25H,10,12-13H2,1-3H3/t16?,21-,22-,23+,24-,25-/m1/s1. The number of fused-ring (bicyclic) bond motifs is 2. The molecule has 0 radical (unpaired) electrons. The van der Waals surface area contributed by atoms with E-state index < -0.39 is 48.9 Å². The van der Waals surface area contributed by atoms with Gasteiger partial charge in [0.2, 0.25) is 0 Å². The number of para-hydroxylation sites is 1. The third-order valence-corrected chi connectivity index (χ3v) is 6.00. The van der Waals surface area contributed by atoms with Gasteiger partial charge in [0.1, 0.15) is 17.9 Å². The number of nitrogens with zero attached hydrogens (tertiary/aromatic N) is 4. The normalized spacial score (nSPS) is 27.4. The van der Waals surface area contributed by atoms with Crippen molar-refractivity contribution < 1.29 is 38.0 Å². The molecule has 0 saturated carbocycles. The SMILES string of the molecule is CC(=O)O[C@@H]1[C@@H](OC(C)=O)[C@H](OCc2cn(Cc3ccc4ccccc4n3)nn2)O[C@@H]2COC(C)O[C@@H]12. The Morgan fingerprint density at radius 1 is 1.03 bits per heavy atom. The molecule has 2 saturated heterocycles. The summed E-state index contributed by atoms with van der Waals surface area (Å²) in [4.78, 5) is 28.4. The molecule has 3 aromatic rings. The van der Waals surface area contributed by atoms with E-state index in [-0.39, 0.29) is 13.2 Å². The lowest BCUT2D eigenvalue weighted by molar-refractivity contribution is -0.358. The summed E-state index contributed by atoms with van der Waals surface area (Å²) < 4.78 is 36.0. The van der Waals surface area contributed by atoms with Crippen LogP contribution < -0.4 is 0 Å². The summed E-state index contributed by atoms with van der Waals surface area (Å²) in [7, 11) is 0. The van der Waals surface area contributed by atoms with Gasteiger partial charge in [0.15, 0.2) is 24.8 Å². The average molecular weight is 513 g/mol. The molecule has 2 fully saturated rings. The lowest BCUT2D eigenvalue weighted by Gasteiger charge is -2.47. The number of rotatable bonds is 7. The van der Waals surface area contributed by atoms with Gasteiger partial charge < -0.3 is 28.4 Å². The first kappa shape index (κ1) is 25.2. The van der Waals surface area contributed by atoms with Crippen LogP contribution in [0.5, 0.6) is 0 Å². The summed E-state index contributed by atoms with van der Waals surface area (Å²) in [5.41, 5.74) is 2.27. The van der Waals surface area contributed by atoms with Crippen molar-refractivity contribution in [2.75, 3.05) is 6.61 Å². The van der Waals surface area contributed by atoms with Crippen LogP contribution >= 0.6 is 0 Å². The summed E-state index contributed by atoms with van der Waals surface area (Å²) in [6.45, 7) is 4.89. The highest BCUT2D eigenvalue weighted by atomic mass is 16.8. The molecule has 4 heterocycles. The van der Waals surface area contributed by atoms with E-state index >= 15 is 0 Å². The smallest absolute Gasteiger partial charge is 0.303 e. The van der Waals surface area contributed by atoms with Crippen molar-refractivity contribution in [1.29, 1.82) is 0 Å². The van der Waals surface area contributed by atoms with Gasteiger partial charge >= 0.3 is 11.9 Å². The Morgan fingerprint density at radius 3 is 2.62 bits per heavy atom. The number of carbonyl (C=O) groups is 2. The number of esters is 2. The fourth-order valence-electron chi connectivity index (χ4n) is 4.46. The van der Waals surface area contributed by atoms with Gasteiger partial charge in [0, 0.05) is 19.2 Å². The van der Waals surface area contributed by atoms with Gasteiger partial charge in [-0.25, -0.2) is 4.68 Å². The van der Waals surface area contributed by atoms with Gasteiger partial charge in [-0.1, -0.05) is 29.5 Å². The highest BCUT2D eigenvalue weighted by Crippen LogP contribution is 2.33. The predicted octanol–water partition coefficient (Wildman–Crippen LogP) is 1.74. The number of ether oxygens (including phenoxy) is 6. The van der Waals surface area contributed by atoms with E-state index in [9.17, 15) is 9.59 Å². The molecule has 1 unspecified atom stereocenters. The Bertz CT molecular complexity index is 1270. The molecule has 37 heavy (non-hydrogen) atoms. The van der Waals surface area contributed by atoms with Crippen LogP contribution in [0.15, 0.2) is 42.6 Å². The highest BCUT2D eigenvalue weighted by molar-refractivity contribution is 5.78. The number of carbonyl (C=O) groups excluding carboxylic acids is 2. The molecule has 2 aliphatic heterocycles. The summed E-state index contributed by atoms with van der Waals surface area (Å²) in [5.74, 6) is -1.12. The molecule has 196 valence electrons. The summed E-state index contributed by atoms with van der Waals surface area (Å²) in [6, 6.07) is 11.8. The third-order valence-electron chi connectivity index (χ3n) is 6.00. The van der Waals surface area contributed by atoms with Gasteiger partial charge in [-0.3, -0.25) is 14.6 Å². The van der Waals surface area contributed by atoms with Crippen molar-refractivity contribution in [3.8, 4) is 0 Å². The molecule has 2 aliphatic rings. The minimum absolute atomic E-state index is 0.00980. The number of benzene rings is 1. The summed E-state index contributed by atoms with van der Waals surface area (Å²) >= 11 is 0. The van der Waals surface area contributed by atoms with Gasteiger partial charge in [-0.15, -0.1) is 5.10 Å². The highest BCUT2D eigenvalue weighted by Gasteiger charge is 2.53. The van der Waals surface area contributed by atoms with Crippen molar-refractivity contribution >= 4 is 22.8 Å². The van der Waals surface area contributed by atoms with Crippen molar-refractivity contribution in [3.63, 3.8) is 0 Å². The molecular formula is C25H28N4O8. The largest absolute Gasteiger partial charge is 0.455 e. The van der Waals surface area contributed by atoms with E-state index in [0.29, 0.717) is 12.2 Å². The Morgan fingerprint density at radius 2 is 1.81 bits per heavy atom. The first-order chi connectivity index (χ1) is 17.9. The number of aromatic nitrogens is 4. The zero-order valence-corrected chi connectivity index (χ0v) is 20.7. The molecule has 12 nitrogen and oxygen atoms in total. The maximum atomic E-state index is 11.9. The van der Waals surface area contributed by atoms with Gasteiger partial charge in [-0.2, -0.15) is 0 Å². The molecule has 2 aromatic heterocycles. The van der Waals surface area contributed by atoms with Crippen molar-refractivity contribution in [3.05, 3.63) is 54.0 Å². The van der Waals surface area contributed by atoms with E-state index in [4.69, 9.17) is 28.4 Å². The zero-order valence-electron chi connectivity index (χ0n) is 20.7. The first-order valence-corrected chi connectivity index (χ1v) is 12.0. The molecule has 1 aromatic carbocycles. The van der Waals surface area contributed by atoms with Gasteiger partial charge in [-0.05, 0) is 19.1 Å². The molecule has 0 spiro atoms. The van der Waals surface area contributed by atoms with Gasteiger partial charge in [0.05, 0.1) is 37.2 Å². The van der Waals surface area contributed by atoms with Crippen molar-refractivity contribution in [2.24, 2.45) is 0 Å². The molecule has 6 atom stereocenters. The van der Waals surface area contributed by atoms with E-state index in [1.54, 1.807) is 17.8 Å². The van der Waals surface area contributed by atoms with Crippen LogP contribution in [-0.2, 0) is 51.2 Å². The van der Waals surface area contributed by atoms with Gasteiger partial charge in [0.25, 0.3) is 0 Å². The molecule has 0 bridgehead atoms. The fraction of sp³-hybridized carbons (Fsp3) is 0.480. The Balaban J connectivity index is 1.28. The summed E-state index contributed by atoms with van der Waals surface area (Å²) in [5, 5.41) is 9.39. The first-order valence-electron chi connectivity index (χ1n) is 12.0. The lowest BCUT2D eigenvalue weighted by atomic mass is 9.97. The Kier molecular flexibility index (Phi) is 7.42. The monoisotopic (exact) mass is 512 g/mol. The van der Waals surface area contributed by atoms with E-state index in [1.807, 2.05) is 36.4 Å². The lowest BCUT2D eigenvalue weighted by Crippen LogP contribution is -2.64. The molecule has 5 rings (SSSR count). The van der Waals surface area contributed by atoms with Crippen LogP contribution in [0.1, 0.15) is 32.2 Å². The maximum absolute atomic E-state index is 11.9. The maximum Gasteiger partial charge on any atom is 0.303 e. The van der Waals surface area contributed by atoms with Crippen LogP contribution in [0, 0.1) is 0 Å². The van der Waals surface area contributed by atoms with Crippen LogP contribution in [0.3, 0.4) is 0 Å². The topological polar surface area (TPSA) is 133 Å². The zero-order chi connectivity index (χ0) is 25.9. The van der Waals surface area contributed by atoms with Crippen molar-refractivity contribution in [2.45, 2.75) is 70.9 Å². The Hall–Kier alpha value is -3.45. The molecular weight excluding hydrogens is 484 g/mol. The Labute approximate surface area is 212 Å². The number of hydrogen-bond acceptors (Lipinski definition) is 11. The molecule has 0 N–H and O–H groups in total. The number of pyridine rings is 1. The van der Waals surface area contributed by atoms with E-state index in [2.05, 4.69) is 15.3 Å². The van der Waals surface area contributed by atoms with E-state index in [1.165, 1.54) is 13.8 Å². The summed E-state index contributed by atoms with van der Waals surface area (Å²) in [6.07, 6.45) is -3.12. The molecule has 12 heteroatoms. The predicted molar refractivity (Wildman–Crippen MR) is 126 cm³/mol. The van der Waals surface area contributed by atoms with Crippen LogP contribution in [-0.4, -0.2) is 75.5 Å². The second-order valence-electron chi connectivity index (χ2n) is 8.91. The van der Waals surface area contributed by atoms with Crippen LogP contribution in [0.4, 0.5) is 0 Å². The fourth-order valence-corrected chi connectivity index (χ4v) is 4.46. The van der Waals surface area contributed by atoms with Crippen molar-refractivity contribution in [1.82, 2.24) is 20.0 Å².